The number of benzene rings is 1. The zero-order valence-electron chi connectivity index (χ0n) is 16.9. The Morgan fingerprint density at radius 2 is 0.741 bits per heavy atom. The SMILES string of the molecule is CC(C)Cc1c(C(=O)O)c(CC(C)C)c(C(=O)O)c(CC(C)C)c1C(=O)O. The maximum atomic E-state index is 12.1. The van der Waals surface area contributed by atoms with Gasteiger partial charge in [-0.05, 0) is 53.7 Å². The van der Waals surface area contributed by atoms with Crippen LogP contribution in [0.1, 0.15) is 89.3 Å². The molecule has 27 heavy (non-hydrogen) atoms. The highest BCUT2D eigenvalue weighted by Crippen LogP contribution is 2.34. The number of carbonyl (C=O) groups is 3. The van der Waals surface area contributed by atoms with Crippen LogP contribution in [-0.4, -0.2) is 33.2 Å². The van der Waals surface area contributed by atoms with Crippen molar-refractivity contribution in [3.8, 4) is 0 Å². The van der Waals surface area contributed by atoms with Gasteiger partial charge in [-0.1, -0.05) is 41.5 Å². The molecule has 0 saturated heterocycles. The van der Waals surface area contributed by atoms with Gasteiger partial charge in [-0.25, -0.2) is 14.4 Å². The highest BCUT2D eigenvalue weighted by Gasteiger charge is 2.33. The summed E-state index contributed by atoms with van der Waals surface area (Å²) in [6.07, 6.45) is 0.790. The second-order valence-corrected chi connectivity index (χ2v) is 8.27. The van der Waals surface area contributed by atoms with Gasteiger partial charge in [0.2, 0.25) is 0 Å². The predicted octanol–water partition coefficient (Wildman–Crippen LogP) is 4.38. The Labute approximate surface area is 160 Å². The van der Waals surface area contributed by atoms with E-state index in [9.17, 15) is 29.7 Å². The van der Waals surface area contributed by atoms with Crippen molar-refractivity contribution in [1.29, 1.82) is 0 Å². The highest BCUT2D eigenvalue weighted by molar-refractivity contribution is 6.05. The first kappa shape index (κ1) is 22.7. The van der Waals surface area contributed by atoms with Gasteiger partial charge in [0.1, 0.15) is 0 Å². The Kier molecular flexibility index (Phi) is 7.57. The van der Waals surface area contributed by atoms with Gasteiger partial charge in [0, 0.05) is 0 Å². The standard InChI is InChI=1S/C21H30O6/c1-10(2)7-13-16(19(22)23)14(8-11(3)4)18(21(26)27)15(9-12(5)6)17(13)20(24)25/h10-12H,7-9H2,1-6H3,(H,22,23)(H,24,25)(H,26,27). The monoisotopic (exact) mass is 378 g/mol. The quantitative estimate of drug-likeness (QED) is 0.588. The van der Waals surface area contributed by atoms with Crippen molar-refractivity contribution in [2.75, 3.05) is 0 Å². The van der Waals surface area contributed by atoms with Crippen LogP contribution in [0.25, 0.3) is 0 Å². The molecule has 0 aliphatic carbocycles. The minimum absolute atomic E-state index is 0.0238. The normalized spacial score (nSPS) is 11.4. The van der Waals surface area contributed by atoms with Crippen LogP contribution in [0.5, 0.6) is 0 Å². The van der Waals surface area contributed by atoms with Crippen molar-refractivity contribution in [2.45, 2.75) is 60.8 Å². The van der Waals surface area contributed by atoms with E-state index >= 15 is 0 Å². The molecule has 1 rings (SSSR count). The lowest BCUT2D eigenvalue weighted by atomic mass is 9.79. The van der Waals surface area contributed by atoms with Crippen LogP contribution in [0.3, 0.4) is 0 Å². The number of hydrogen-bond acceptors (Lipinski definition) is 3. The topological polar surface area (TPSA) is 112 Å². The van der Waals surface area contributed by atoms with E-state index in [-0.39, 0.29) is 70.4 Å². The summed E-state index contributed by atoms with van der Waals surface area (Å²) in [4.78, 5) is 36.3. The van der Waals surface area contributed by atoms with Crippen molar-refractivity contribution in [3.63, 3.8) is 0 Å². The first-order valence-corrected chi connectivity index (χ1v) is 9.28. The number of rotatable bonds is 9. The molecule has 150 valence electrons. The second kappa shape index (κ2) is 9.02. The van der Waals surface area contributed by atoms with Gasteiger partial charge in [-0.2, -0.15) is 0 Å². The van der Waals surface area contributed by atoms with E-state index in [2.05, 4.69) is 0 Å². The summed E-state index contributed by atoms with van der Waals surface area (Å²) in [5.74, 6) is -3.76. The molecule has 1 aromatic carbocycles. The van der Waals surface area contributed by atoms with E-state index in [0.29, 0.717) is 0 Å². The number of hydrogen-bond donors (Lipinski definition) is 3. The van der Waals surface area contributed by atoms with Crippen molar-refractivity contribution in [2.24, 2.45) is 17.8 Å². The summed E-state index contributed by atoms with van der Waals surface area (Å²) in [6.45, 7) is 11.3. The maximum Gasteiger partial charge on any atom is 0.336 e. The maximum absolute atomic E-state index is 12.1. The summed E-state index contributed by atoms with van der Waals surface area (Å²) in [6, 6.07) is 0. The lowest BCUT2D eigenvalue weighted by Gasteiger charge is -2.24. The van der Waals surface area contributed by atoms with Crippen molar-refractivity contribution in [3.05, 3.63) is 33.4 Å². The summed E-state index contributed by atoms with van der Waals surface area (Å²) in [7, 11) is 0. The third kappa shape index (κ3) is 5.31. The summed E-state index contributed by atoms with van der Waals surface area (Å²) >= 11 is 0. The van der Waals surface area contributed by atoms with Crippen LogP contribution < -0.4 is 0 Å². The van der Waals surface area contributed by atoms with E-state index in [4.69, 9.17) is 0 Å². The number of carboxylic acid groups (broad SMARTS) is 3. The van der Waals surface area contributed by atoms with E-state index in [1.54, 1.807) is 0 Å². The summed E-state index contributed by atoms with van der Waals surface area (Å²) < 4.78 is 0. The average molecular weight is 378 g/mol. The largest absolute Gasteiger partial charge is 0.478 e. The third-order valence-electron chi connectivity index (χ3n) is 4.29. The van der Waals surface area contributed by atoms with Crippen LogP contribution in [0.15, 0.2) is 0 Å². The molecular formula is C21H30O6. The van der Waals surface area contributed by atoms with Gasteiger partial charge in [-0.15, -0.1) is 0 Å². The molecule has 0 fully saturated rings. The molecule has 6 nitrogen and oxygen atoms in total. The summed E-state index contributed by atoms with van der Waals surface area (Å²) in [5.41, 5.74) is 0.253. The van der Waals surface area contributed by atoms with Crippen molar-refractivity contribution < 1.29 is 29.7 Å². The molecule has 0 radical (unpaired) electrons. The van der Waals surface area contributed by atoms with Gasteiger partial charge in [0.15, 0.2) is 0 Å². The van der Waals surface area contributed by atoms with Gasteiger partial charge < -0.3 is 15.3 Å². The second-order valence-electron chi connectivity index (χ2n) is 8.27. The van der Waals surface area contributed by atoms with E-state index in [0.717, 1.165) is 0 Å². The lowest BCUT2D eigenvalue weighted by molar-refractivity contribution is 0.0693. The van der Waals surface area contributed by atoms with Crippen LogP contribution in [0, 0.1) is 17.8 Å². The fourth-order valence-electron chi connectivity index (χ4n) is 3.53. The van der Waals surface area contributed by atoms with Crippen LogP contribution >= 0.6 is 0 Å². The smallest absolute Gasteiger partial charge is 0.336 e. The Morgan fingerprint density at radius 3 is 0.852 bits per heavy atom. The Morgan fingerprint density at radius 1 is 0.556 bits per heavy atom. The van der Waals surface area contributed by atoms with Gasteiger partial charge in [-0.3, -0.25) is 0 Å². The Bertz CT molecular complexity index is 622. The fraction of sp³-hybridized carbons (Fsp3) is 0.571. The molecule has 0 aliphatic rings. The average Bonchev–Trinajstić information content (AvgIpc) is 2.43. The first-order valence-electron chi connectivity index (χ1n) is 9.28. The van der Waals surface area contributed by atoms with Crippen LogP contribution in [-0.2, 0) is 19.3 Å². The van der Waals surface area contributed by atoms with Crippen LogP contribution in [0.2, 0.25) is 0 Å². The molecule has 0 unspecified atom stereocenters. The minimum atomic E-state index is -1.28. The Hall–Kier alpha value is -2.37. The highest BCUT2D eigenvalue weighted by atomic mass is 16.4. The van der Waals surface area contributed by atoms with Gasteiger partial charge >= 0.3 is 17.9 Å². The molecule has 0 aliphatic heterocycles. The minimum Gasteiger partial charge on any atom is -0.478 e. The number of carboxylic acids is 3. The first-order chi connectivity index (χ1) is 12.4. The molecule has 0 spiro atoms. The van der Waals surface area contributed by atoms with Gasteiger partial charge in [0.05, 0.1) is 16.7 Å². The molecule has 0 aromatic heterocycles. The van der Waals surface area contributed by atoms with E-state index < -0.39 is 17.9 Å². The molecule has 0 bridgehead atoms. The van der Waals surface area contributed by atoms with E-state index in [1.165, 1.54) is 0 Å². The van der Waals surface area contributed by atoms with Crippen LogP contribution in [0.4, 0.5) is 0 Å². The molecule has 0 saturated carbocycles. The number of aromatic carboxylic acids is 3. The molecule has 1 aromatic rings. The predicted molar refractivity (Wildman–Crippen MR) is 103 cm³/mol. The fourth-order valence-corrected chi connectivity index (χ4v) is 3.53. The third-order valence-corrected chi connectivity index (χ3v) is 4.29. The van der Waals surface area contributed by atoms with E-state index in [1.807, 2.05) is 41.5 Å². The van der Waals surface area contributed by atoms with Crippen molar-refractivity contribution in [1.82, 2.24) is 0 Å². The zero-order chi connectivity index (χ0) is 21.0. The Balaban J connectivity index is 4.19. The van der Waals surface area contributed by atoms with Gasteiger partial charge in [0.25, 0.3) is 0 Å². The lowest BCUT2D eigenvalue weighted by Crippen LogP contribution is -2.24. The van der Waals surface area contributed by atoms with Crippen molar-refractivity contribution >= 4 is 17.9 Å². The molecule has 0 amide bonds. The summed E-state index contributed by atoms with van der Waals surface area (Å²) in [5, 5.41) is 29.6. The molecular weight excluding hydrogens is 348 g/mol. The molecule has 0 atom stereocenters. The molecule has 0 heterocycles. The zero-order valence-corrected chi connectivity index (χ0v) is 16.9. The molecule has 6 heteroatoms. The molecule has 3 N–H and O–H groups in total.